The molecule has 2 rings (SSSR count). The summed E-state index contributed by atoms with van der Waals surface area (Å²) in [6, 6.07) is 10.6. The molecule has 1 atom stereocenters. The SMILES string of the molecule is CC(C)=CCC[C@@H](C)CCN1CCN(C/C=C/c2ccccc2)CC1. The van der Waals surface area contributed by atoms with Crippen LogP contribution in [-0.2, 0) is 0 Å². The lowest BCUT2D eigenvalue weighted by Gasteiger charge is -2.34. The lowest BCUT2D eigenvalue weighted by molar-refractivity contribution is 0.136. The molecule has 0 aromatic heterocycles. The van der Waals surface area contributed by atoms with Crippen LogP contribution in [0.3, 0.4) is 0 Å². The summed E-state index contributed by atoms with van der Waals surface area (Å²) >= 11 is 0. The highest BCUT2D eigenvalue weighted by molar-refractivity contribution is 5.48. The molecule has 0 bridgehead atoms. The molecule has 2 nitrogen and oxygen atoms in total. The second kappa shape index (κ2) is 11.3. The number of allylic oxidation sites excluding steroid dienone is 2. The van der Waals surface area contributed by atoms with Crippen molar-refractivity contribution in [2.75, 3.05) is 39.3 Å². The van der Waals surface area contributed by atoms with Gasteiger partial charge in [0.05, 0.1) is 0 Å². The summed E-state index contributed by atoms with van der Waals surface area (Å²) in [6.45, 7) is 14.0. The van der Waals surface area contributed by atoms with Crippen molar-refractivity contribution in [3.8, 4) is 0 Å². The van der Waals surface area contributed by atoms with Crippen LogP contribution in [0.1, 0.15) is 45.6 Å². The first-order chi connectivity index (χ1) is 12.1. The predicted molar refractivity (Wildman–Crippen MR) is 111 cm³/mol. The van der Waals surface area contributed by atoms with E-state index < -0.39 is 0 Å². The molecule has 138 valence electrons. The molecule has 0 saturated carbocycles. The Morgan fingerprint density at radius 2 is 1.68 bits per heavy atom. The molecule has 0 amide bonds. The van der Waals surface area contributed by atoms with Gasteiger partial charge in [-0.1, -0.05) is 61.1 Å². The number of nitrogens with zero attached hydrogens (tertiary/aromatic N) is 2. The summed E-state index contributed by atoms with van der Waals surface area (Å²) in [5.74, 6) is 0.836. The van der Waals surface area contributed by atoms with Crippen molar-refractivity contribution in [3.63, 3.8) is 0 Å². The standard InChI is InChI=1S/C23H36N2/c1-21(2)9-7-10-22(3)14-16-25-19-17-24(18-20-25)15-8-13-23-11-5-4-6-12-23/h4-6,8-9,11-13,22H,7,10,14-20H2,1-3H3/b13-8+/t22-/m1/s1. The number of hydrogen-bond donors (Lipinski definition) is 0. The van der Waals surface area contributed by atoms with Crippen LogP contribution < -0.4 is 0 Å². The molecular formula is C23H36N2. The molecule has 2 heteroatoms. The predicted octanol–water partition coefficient (Wildman–Crippen LogP) is 5.09. The van der Waals surface area contributed by atoms with E-state index in [0.29, 0.717) is 0 Å². The van der Waals surface area contributed by atoms with E-state index in [1.807, 2.05) is 0 Å². The van der Waals surface area contributed by atoms with Crippen molar-refractivity contribution in [2.24, 2.45) is 5.92 Å². The van der Waals surface area contributed by atoms with E-state index in [1.165, 1.54) is 63.1 Å². The Bertz CT molecular complexity index is 520. The van der Waals surface area contributed by atoms with Crippen molar-refractivity contribution in [2.45, 2.75) is 40.0 Å². The molecule has 0 spiro atoms. The largest absolute Gasteiger partial charge is 0.301 e. The Labute approximate surface area is 155 Å². The van der Waals surface area contributed by atoms with E-state index in [-0.39, 0.29) is 0 Å². The van der Waals surface area contributed by atoms with Crippen molar-refractivity contribution >= 4 is 6.08 Å². The van der Waals surface area contributed by atoms with Crippen molar-refractivity contribution in [1.82, 2.24) is 9.80 Å². The summed E-state index contributed by atoms with van der Waals surface area (Å²) in [6.07, 6.45) is 10.8. The first kappa shape index (κ1) is 19.9. The van der Waals surface area contributed by atoms with Gasteiger partial charge in [-0.05, 0) is 51.1 Å². The quantitative estimate of drug-likeness (QED) is 0.578. The molecule has 1 aliphatic rings. The molecule has 0 aliphatic carbocycles. The van der Waals surface area contributed by atoms with E-state index in [9.17, 15) is 0 Å². The maximum atomic E-state index is 2.65. The topological polar surface area (TPSA) is 6.48 Å². The van der Waals surface area contributed by atoms with E-state index in [0.717, 1.165) is 12.5 Å². The van der Waals surface area contributed by atoms with Crippen LogP contribution in [0.25, 0.3) is 6.08 Å². The second-order valence-electron chi connectivity index (χ2n) is 7.71. The fraction of sp³-hybridized carbons (Fsp3) is 0.565. The summed E-state index contributed by atoms with van der Waals surface area (Å²) in [5, 5.41) is 0. The monoisotopic (exact) mass is 340 g/mol. The van der Waals surface area contributed by atoms with Gasteiger partial charge >= 0.3 is 0 Å². The summed E-state index contributed by atoms with van der Waals surface area (Å²) in [7, 11) is 0. The zero-order valence-electron chi connectivity index (χ0n) is 16.5. The number of hydrogen-bond acceptors (Lipinski definition) is 2. The Balaban J connectivity index is 1.58. The maximum absolute atomic E-state index is 2.65. The molecule has 0 radical (unpaired) electrons. The molecule has 1 fully saturated rings. The van der Waals surface area contributed by atoms with Gasteiger partial charge in [0.25, 0.3) is 0 Å². The Morgan fingerprint density at radius 3 is 2.36 bits per heavy atom. The van der Waals surface area contributed by atoms with Gasteiger partial charge in [0.2, 0.25) is 0 Å². The number of piperazine rings is 1. The zero-order valence-corrected chi connectivity index (χ0v) is 16.5. The molecule has 0 unspecified atom stereocenters. The van der Waals surface area contributed by atoms with Gasteiger partial charge < -0.3 is 4.90 Å². The van der Waals surface area contributed by atoms with Crippen molar-refractivity contribution in [3.05, 3.63) is 53.6 Å². The van der Waals surface area contributed by atoms with Gasteiger partial charge in [-0.15, -0.1) is 0 Å². The van der Waals surface area contributed by atoms with Crippen LogP contribution in [-0.4, -0.2) is 49.1 Å². The number of benzene rings is 1. The third kappa shape index (κ3) is 8.51. The van der Waals surface area contributed by atoms with Gasteiger partial charge in [0.1, 0.15) is 0 Å². The third-order valence-corrected chi connectivity index (χ3v) is 5.09. The van der Waals surface area contributed by atoms with Gasteiger partial charge in [0.15, 0.2) is 0 Å². The van der Waals surface area contributed by atoms with Crippen LogP contribution in [0.15, 0.2) is 48.1 Å². The van der Waals surface area contributed by atoms with Gasteiger partial charge in [-0.25, -0.2) is 0 Å². The first-order valence-corrected chi connectivity index (χ1v) is 9.93. The normalized spacial score (nSPS) is 17.7. The fourth-order valence-electron chi connectivity index (χ4n) is 3.30. The molecule has 1 aliphatic heterocycles. The highest BCUT2D eigenvalue weighted by Crippen LogP contribution is 2.13. The number of rotatable bonds is 9. The van der Waals surface area contributed by atoms with Gasteiger partial charge in [-0.3, -0.25) is 4.90 Å². The third-order valence-electron chi connectivity index (χ3n) is 5.09. The maximum Gasteiger partial charge on any atom is 0.0167 e. The van der Waals surface area contributed by atoms with Crippen molar-refractivity contribution in [1.29, 1.82) is 0 Å². The van der Waals surface area contributed by atoms with E-state index in [4.69, 9.17) is 0 Å². The van der Waals surface area contributed by atoms with E-state index in [2.05, 4.69) is 79.1 Å². The average molecular weight is 341 g/mol. The van der Waals surface area contributed by atoms with Crippen LogP contribution in [0.5, 0.6) is 0 Å². The lowest BCUT2D eigenvalue weighted by atomic mass is 10.0. The van der Waals surface area contributed by atoms with Crippen LogP contribution in [0.2, 0.25) is 0 Å². The smallest absolute Gasteiger partial charge is 0.0167 e. The Morgan fingerprint density at radius 1 is 1.00 bits per heavy atom. The minimum Gasteiger partial charge on any atom is -0.301 e. The molecule has 1 saturated heterocycles. The van der Waals surface area contributed by atoms with Crippen LogP contribution >= 0.6 is 0 Å². The molecule has 0 N–H and O–H groups in total. The molecule has 1 aromatic carbocycles. The highest BCUT2D eigenvalue weighted by Gasteiger charge is 2.16. The first-order valence-electron chi connectivity index (χ1n) is 9.93. The minimum absolute atomic E-state index is 0.836. The Hall–Kier alpha value is -1.38. The minimum atomic E-state index is 0.836. The van der Waals surface area contributed by atoms with E-state index in [1.54, 1.807) is 0 Å². The molecule has 1 aromatic rings. The van der Waals surface area contributed by atoms with Crippen molar-refractivity contribution < 1.29 is 0 Å². The zero-order chi connectivity index (χ0) is 17.9. The summed E-state index contributed by atoms with van der Waals surface area (Å²) in [5.41, 5.74) is 2.74. The van der Waals surface area contributed by atoms with Gasteiger partial charge in [0, 0.05) is 32.7 Å². The summed E-state index contributed by atoms with van der Waals surface area (Å²) in [4.78, 5) is 5.21. The van der Waals surface area contributed by atoms with Crippen LogP contribution in [0.4, 0.5) is 0 Å². The molecule has 25 heavy (non-hydrogen) atoms. The highest BCUT2D eigenvalue weighted by atomic mass is 15.3. The Kier molecular flexibility index (Phi) is 8.99. The van der Waals surface area contributed by atoms with Crippen LogP contribution in [0, 0.1) is 5.92 Å². The second-order valence-corrected chi connectivity index (χ2v) is 7.71. The average Bonchev–Trinajstić information content (AvgIpc) is 2.62. The molecule has 1 heterocycles. The van der Waals surface area contributed by atoms with E-state index >= 15 is 0 Å². The fourth-order valence-corrected chi connectivity index (χ4v) is 3.30. The lowest BCUT2D eigenvalue weighted by Crippen LogP contribution is -2.46. The molecular weight excluding hydrogens is 304 g/mol. The van der Waals surface area contributed by atoms with Gasteiger partial charge in [-0.2, -0.15) is 0 Å². The summed E-state index contributed by atoms with van der Waals surface area (Å²) < 4.78 is 0.